The Morgan fingerprint density at radius 3 is 2.42 bits per heavy atom. The van der Waals surface area contributed by atoms with Gasteiger partial charge in [0.05, 0.1) is 12.6 Å². The molecule has 1 N–H and O–H groups in total. The van der Waals surface area contributed by atoms with E-state index in [2.05, 4.69) is 0 Å². The Balaban J connectivity index is 2.32. The topological polar surface area (TPSA) is 53.0 Å². The minimum atomic E-state index is -0.579. The number of rotatable bonds is 6. The van der Waals surface area contributed by atoms with E-state index in [4.69, 9.17) is 4.74 Å². The highest BCUT2D eigenvalue weighted by molar-refractivity contribution is 5.67. The van der Waals surface area contributed by atoms with Gasteiger partial charge in [0, 0.05) is 13.6 Å². The predicted octanol–water partition coefficient (Wildman–Crippen LogP) is 1.18. The van der Waals surface area contributed by atoms with E-state index >= 15 is 0 Å². The van der Waals surface area contributed by atoms with Gasteiger partial charge in [-0.15, -0.1) is 0 Å². The van der Waals surface area contributed by atoms with Gasteiger partial charge in [-0.1, -0.05) is 30.3 Å². The molecule has 19 heavy (non-hydrogen) atoms. The number of hydrogen-bond donors (Lipinski definition) is 1. The smallest absolute Gasteiger partial charge is 0.409 e. The number of hydrogen-bond acceptors (Lipinski definition) is 4. The largest absolute Gasteiger partial charge is 0.445 e. The van der Waals surface area contributed by atoms with Crippen molar-refractivity contribution in [2.45, 2.75) is 12.7 Å². The monoisotopic (exact) mass is 266 g/mol. The van der Waals surface area contributed by atoms with Crippen molar-refractivity contribution in [3.05, 3.63) is 35.9 Å². The number of aliphatic hydroxyl groups is 1. The number of nitrogens with zero attached hydrogens (tertiary/aromatic N) is 2. The molecule has 0 fully saturated rings. The standard InChI is InChI=1S/C14H22N2O3/c1-15(2)9-13(17)10-16(3)14(18)19-11-12-7-5-4-6-8-12/h4-8,13,17H,9-11H2,1-3H3. The van der Waals surface area contributed by atoms with Gasteiger partial charge in [0.1, 0.15) is 6.61 Å². The van der Waals surface area contributed by atoms with Crippen molar-refractivity contribution < 1.29 is 14.6 Å². The number of ether oxygens (including phenoxy) is 1. The fourth-order valence-electron chi connectivity index (χ4n) is 1.70. The first kappa shape index (κ1) is 15.5. The summed E-state index contributed by atoms with van der Waals surface area (Å²) in [7, 11) is 5.36. The van der Waals surface area contributed by atoms with Crippen LogP contribution in [0.2, 0.25) is 0 Å². The Morgan fingerprint density at radius 1 is 1.21 bits per heavy atom. The summed E-state index contributed by atoms with van der Waals surface area (Å²) in [6.45, 7) is 1.01. The van der Waals surface area contributed by atoms with Gasteiger partial charge in [-0.25, -0.2) is 4.79 Å². The molecule has 0 aromatic heterocycles. The van der Waals surface area contributed by atoms with E-state index in [9.17, 15) is 9.90 Å². The normalized spacial score (nSPS) is 12.3. The summed E-state index contributed by atoms with van der Waals surface area (Å²) < 4.78 is 5.16. The second-order valence-corrected chi connectivity index (χ2v) is 4.84. The molecule has 0 aliphatic heterocycles. The van der Waals surface area contributed by atoms with Gasteiger partial charge in [-0.2, -0.15) is 0 Å². The summed E-state index contributed by atoms with van der Waals surface area (Å²) in [5.74, 6) is 0. The Labute approximate surface area is 114 Å². The first-order valence-electron chi connectivity index (χ1n) is 6.23. The maximum atomic E-state index is 11.7. The zero-order chi connectivity index (χ0) is 14.3. The highest BCUT2D eigenvalue weighted by atomic mass is 16.6. The molecule has 5 heteroatoms. The third-order valence-electron chi connectivity index (χ3n) is 2.58. The molecule has 5 nitrogen and oxygen atoms in total. The van der Waals surface area contributed by atoms with E-state index in [1.807, 2.05) is 49.3 Å². The molecule has 0 saturated heterocycles. The van der Waals surface area contributed by atoms with Crippen molar-refractivity contribution in [3.8, 4) is 0 Å². The Hall–Kier alpha value is -1.59. The zero-order valence-corrected chi connectivity index (χ0v) is 11.7. The van der Waals surface area contributed by atoms with E-state index in [0.29, 0.717) is 6.54 Å². The Kier molecular flexibility index (Phi) is 6.32. The number of carbonyl (C=O) groups is 1. The maximum Gasteiger partial charge on any atom is 0.409 e. The van der Waals surface area contributed by atoms with Gasteiger partial charge in [0.2, 0.25) is 0 Å². The third kappa shape index (κ3) is 6.22. The van der Waals surface area contributed by atoms with Gasteiger partial charge < -0.3 is 19.6 Å². The molecular formula is C14H22N2O3. The lowest BCUT2D eigenvalue weighted by atomic mass is 10.2. The van der Waals surface area contributed by atoms with Crippen LogP contribution in [0.25, 0.3) is 0 Å². The van der Waals surface area contributed by atoms with Crippen LogP contribution < -0.4 is 0 Å². The lowest BCUT2D eigenvalue weighted by Crippen LogP contribution is -2.39. The van der Waals surface area contributed by atoms with Crippen molar-refractivity contribution in [1.82, 2.24) is 9.80 Å². The second kappa shape index (κ2) is 7.76. The van der Waals surface area contributed by atoms with Crippen molar-refractivity contribution in [2.24, 2.45) is 0 Å². The Bertz CT molecular complexity index is 382. The van der Waals surface area contributed by atoms with Crippen molar-refractivity contribution in [2.75, 3.05) is 34.2 Å². The molecule has 1 aromatic rings. The van der Waals surface area contributed by atoms with Crippen LogP contribution in [0.15, 0.2) is 30.3 Å². The van der Waals surface area contributed by atoms with E-state index in [-0.39, 0.29) is 13.2 Å². The number of amides is 1. The van der Waals surface area contributed by atoms with Crippen LogP contribution in [0.4, 0.5) is 4.79 Å². The molecule has 0 aliphatic carbocycles. The summed E-state index contributed by atoms with van der Waals surface area (Å²) in [5.41, 5.74) is 0.943. The van der Waals surface area contributed by atoms with Crippen molar-refractivity contribution >= 4 is 6.09 Å². The number of likely N-dealkylation sites (N-methyl/N-ethyl adjacent to an activating group) is 2. The van der Waals surface area contributed by atoms with Crippen LogP contribution >= 0.6 is 0 Å². The molecular weight excluding hydrogens is 244 g/mol. The molecule has 1 rings (SSSR count). The van der Waals surface area contributed by atoms with Crippen LogP contribution in [-0.4, -0.2) is 61.3 Å². The predicted molar refractivity (Wildman–Crippen MR) is 73.8 cm³/mol. The molecule has 1 atom stereocenters. The molecule has 0 aliphatic rings. The average Bonchev–Trinajstić information content (AvgIpc) is 2.36. The van der Waals surface area contributed by atoms with Gasteiger partial charge in [0.15, 0.2) is 0 Å². The van der Waals surface area contributed by atoms with E-state index in [0.717, 1.165) is 5.56 Å². The van der Waals surface area contributed by atoms with Crippen LogP contribution in [0, 0.1) is 0 Å². The number of aliphatic hydroxyl groups excluding tert-OH is 1. The quantitative estimate of drug-likeness (QED) is 0.840. The third-order valence-corrected chi connectivity index (χ3v) is 2.58. The first-order chi connectivity index (χ1) is 8.99. The lowest BCUT2D eigenvalue weighted by Gasteiger charge is -2.22. The molecule has 1 aromatic carbocycles. The van der Waals surface area contributed by atoms with Crippen LogP contribution in [0.1, 0.15) is 5.56 Å². The van der Waals surface area contributed by atoms with E-state index in [1.54, 1.807) is 7.05 Å². The van der Waals surface area contributed by atoms with Gasteiger partial charge >= 0.3 is 6.09 Å². The molecule has 106 valence electrons. The van der Waals surface area contributed by atoms with E-state index in [1.165, 1.54) is 4.90 Å². The van der Waals surface area contributed by atoms with Crippen LogP contribution in [-0.2, 0) is 11.3 Å². The summed E-state index contributed by atoms with van der Waals surface area (Å²) in [6, 6.07) is 9.50. The van der Waals surface area contributed by atoms with Crippen LogP contribution in [0.3, 0.4) is 0 Å². The molecule has 0 heterocycles. The highest BCUT2D eigenvalue weighted by Gasteiger charge is 2.15. The van der Waals surface area contributed by atoms with Crippen LogP contribution in [0.5, 0.6) is 0 Å². The highest BCUT2D eigenvalue weighted by Crippen LogP contribution is 2.03. The maximum absolute atomic E-state index is 11.7. The SMILES string of the molecule is CN(C)CC(O)CN(C)C(=O)OCc1ccccc1. The number of benzene rings is 1. The molecule has 0 bridgehead atoms. The number of carbonyl (C=O) groups excluding carboxylic acids is 1. The average molecular weight is 266 g/mol. The molecule has 1 unspecified atom stereocenters. The Morgan fingerprint density at radius 2 is 1.84 bits per heavy atom. The first-order valence-corrected chi connectivity index (χ1v) is 6.23. The van der Waals surface area contributed by atoms with Gasteiger partial charge in [0.25, 0.3) is 0 Å². The van der Waals surface area contributed by atoms with E-state index < -0.39 is 12.2 Å². The summed E-state index contributed by atoms with van der Waals surface area (Å²) in [5, 5.41) is 9.73. The fraction of sp³-hybridized carbons (Fsp3) is 0.500. The van der Waals surface area contributed by atoms with Gasteiger partial charge in [-0.05, 0) is 19.7 Å². The minimum absolute atomic E-state index is 0.244. The summed E-state index contributed by atoms with van der Waals surface area (Å²) >= 11 is 0. The van der Waals surface area contributed by atoms with Crippen molar-refractivity contribution in [3.63, 3.8) is 0 Å². The zero-order valence-electron chi connectivity index (χ0n) is 11.7. The lowest BCUT2D eigenvalue weighted by molar-refractivity contribution is 0.0693. The van der Waals surface area contributed by atoms with Gasteiger partial charge in [-0.3, -0.25) is 0 Å². The molecule has 0 spiro atoms. The second-order valence-electron chi connectivity index (χ2n) is 4.84. The summed E-state index contributed by atoms with van der Waals surface area (Å²) in [6.07, 6.45) is -1.01. The summed E-state index contributed by atoms with van der Waals surface area (Å²) in [4.78, 5) is 15.0. The minimum Gasteiger partial charge on any atom is -0.445 e. The fourth-order valence-corrected chi connectivity index (χ4v) is 1.70. The molecule has 0 radical (unpaired) electrons. The molecule has 1 amide bonds. The van der Waals surface area contributed by atoms with Crippen molar-refractivity contribution in [1.29, 1.82) is 0 Å². The molecule has 0 saturated carbocycles.